The van der Waals surface area contributed by atoms with Crippen molar-refractivity contribution in [2.75, 3.05) is 10.0 Å². The highest BCUT2D eigenvalue weighted by molar-refractivity contribution is 6.26. The predicted molar refractivity (Wildman–Crippen MR) is 122 cm³/mol. The van der Waals surface area contributed by atoms with Gasteiger partial charge in [-0.15, -0.1) is 0 Å². The lowest BCUT2D eigenvalue weighted by Crippen LogP contribution is -2.41. The molecule has 0 unspecified atom stereocenters. The van der Waals surface area contributed by atoms with Gasteiger partial charge in [0.1, 0.15) is 5.41 Å². The summed E-state index contributed by atoms with van der Waals surface area (Å²) in [6.45, 7) is 2.09. The largest absolute Gasteiger partial charge is 0.271 e. The molecule has 1 fully saturated rings. The zero-order valence-electron chi connectivity index (χ0n) is 17.8. The number of amides is 2. The van der Waals surface area contributed by atoms with Crippen LogP contribution in [0.25, 0.3) is 0 Å². The van der Waals surface area contributed by atoms with E-state index in [-0.39, 0.29) is 11.8 Å². The van der Waals surface area contributed by atoms with E-state index in [0.717, 1.165) is 18.4 Å². The van der Waals surface area contributed by atoms with Crippen LogP contribution in [-0.4, -0.2) is 16.8 Å². The number of hydrazine groups is 1. The maximum absolute atomic E-state index is 14.0. The number of nitrogens with zero attached hydrogens (tertiary/aromatic N) is 3. The third-order valence-corrected chi connectivity index (χ3v) is 5.95. The van der Waals surface area contributed by atoms with E-state index in [2.05, 4.69) is 11.9 Å². The summed E-state index contributed by atoms with van der Waals surface area (Å²) >= 11 is 0. The molecule has 0 atom stereocenters. The Bertz CT molecular complexity index is 965. The van der Waals surface area contributed by atoms with Crippen molar-refractivity contribution in [1.82, 2.24) is 4.98 Å². The van der Waals surface area contributed by atoms with Gasteiger partial charge in [0, 0.05) is 12.4 Å². The van der Waals surface area contributed by atoms with Gasteiger partial charge in [-0.3, -0.25) is 14.6 Å². The summed E-state index contributed by atoms with van der Waals surface area (Å²) in [6, 6.07) is 22.8. The number of anilines is 2. The lowest BCUT2D eigenvalue weighted by molar-refractivity contribution is -0.135. The fourth-order valence-electron chi connectivity index (χ4n) is 4.22. The van der Waals surface area contributed by atoms with E-state index < -0.39 is 5.41 Å². The third-order valence-electron chi connectivity index (χ3n) is 5.95. The van der Waals surface area contributed by atoms with Crippen molar-refractivity contribution in [2.45, 2.75) is 39.0 Å². The van der Waals surface area contributed by atoms with Crippen LogP contribution in [0.15, 0.2) is 85.2 Å². The molecule has 158 valence electrons. The highest BCUT2D eigenvalue weighted by Gasteiger charge is 2.58. The number of unbranched alkanes of at least 4 members (excludes halogenated alkanes) is 1. The van der Waals surface area contributed by atoms with Gasteiger partial charge >= 0.3 is 0 Å². The van der Waals surface area contributed by atoms with Gasteiger partial charge in [0.05, 0.1) is 11.4 Å². The molecule has 1 aromatic heterocycles. The van der Waals surface area contributed by atoms with Gasteiger partial charge in [0.2, 0.25) is 0 Å². The molecule has 0 bridgehead atoms. The summed E-state index contributed by atoms with van der Waals surface area (Å²) in [4.78, 5) is 32.1. The monoisotopic (exact) mass is 413 g/mol. The molecule has 2 amide bonds. The Morgan fingerprint density at radius 3 is 1.74 bits per heavy atom. The average Bonchev–Trinajstić information content (AvgIpc) is 3.05. The number of hydrogen-bond donors (Lipinski definition) is 0. The van der Waals surface area contributed by atoms with Crippen LogP contribution in [0.5, 0.6) is 0 Å². The minimum absolute atomic E-state index is 0.143. The van der Waals surface area contributed by atoms with Crippen LogP contribution in [0.4, 0.5) is 11.4 Å². The first kappa shape index (κ1) is 20.8. The van der Waals surface area contributed by atoms with Gasteiger partial charge < -0.3 is 0 Å². The lowest BCUT2D eigenvalue weighted by atomic mass is 9.77. The van der Waals surface area contributed by atoms with Gasteiger partial charge in [0.25, 0.3) is 11.8 Å². The SMILES string of the molecule is CCCCC1(CCc2ccncc2)C(=O)N(c2ccccc2)N(c2ccccc2)C1=O. The average molecular weight is 414 g/mol. The Kier molecular flexibility index (Phi) is 6.12. The molecule has 4 rings (SSSR count). The Morgan fingerprint density at radius 2 is 1.26 bits per heavy atom. The van der Waals surface area contributed by atoms with Crippen LogP contribution in [-0.2, 0) is 16.0 Å². The molecular weight excluding hydrogens is 386 g/mol. The van der Waals surface area contributed by atoms with Crippen LogP contribution in [0.2, 0.25) is 0 Å². The van der Waals surface area contributed by atoms with E-state index in [4.69, 9.17) is 0 Å². The number of benzene rings is 2. The summed E-state index contributed by atoms with van der Waals surface area (Å²) in [5, 5.41) is 3.14. The number of pyridine rings is 1. The molecule has 1 saturated heterocycles. The van der Waals surface area contributed by atoms with Crippen molar-refractivity contribution in [1.29, 1.82) is 0 Å². The van der Waals surface area contributed by atoms with Crippen LogP contribution >= 0.6 is 0 Å². The van der Waals surface area contributed by atoms with Crippen LogP contribution in [0, 0.1) is 5.41 Å². The minimum atomic E-state index is -1.08. The molecule has 1 aliphatic rings. The maximum atomic E-state index is 14.0. The minimum Gasteiger partial charge on any atom is -0.271 e. The molecule has 31 heavy (non-hydrogen) atoms. The van der Waals surface area contributed by atoms with Gasteiger partial charge in [-0.25, -0.2) is 10.0 Å². The van der Waals surface area contributed by atoms with Crippen molar-refractivity contribution in [3.05, 3.63) is 90.8 Å². The van der Waals surface area contributed by atoms with Crippen molar-refractivity contribution in [3.63, 3.8) is 0 Å². The second kappa shape index (κ2) is 9.13. The standard InChI is InChI=1S/C26H27N3O2/c1-2-3-17-26(18-14-21-15-19-27-20-16-21)24(30)28(22-10-6-4-7-11-22)29(25(26)31)23-12-8-5-9-13-23/h4-13,15-16,19-20H,2-3,14,17-18H2,1H3. The molecule has 5 nitrogen and oxygen atoms in total. The number of hydrogen-bond acceptors (Lipinski definition) is 3. The number of rotatable bonds is 8. The molecule has 0 radical (unpaired) electrons. The second-order valence-corrected chi connectivity index (χ2v) is 7.95. The maximum Gasteiger partial charge on any atom is 0.262 e. The number of aryl methyl sites for hydroxylation is 1. The first-order chi connectivity index (χ1) is 15.2. The smallest absolute Gasteiger partial charge is 0.262 e. The molecule has 2 heterocycles. The van der Waals surface area contributed by atoms with Crippen molar-refractivity contribution < 1.29 is 9.59 Å². The van der Waals surface area contributed by atoms with Crippen molar-refractivity contribution in [2.24, 2.45) is 5.41 Å². The summed E-state index contributed by atoms with van der Waals surface area (Å²) in [7, 11) is 0. The fraction of sp³-hybridized carbons (Fsp3) is 0.269. The molecular formula is C26H27N3O2. The molecule has 5 heteroatoms. The van der Waals surface area contributed by atoms with Crippen LogP contribution in [0.1, 0.15) is 38.2 Å². The molecule has 0 spiro atoms. The number of carbonyl (C=O) groups is 2. The summed E-state index contributed by atoms with van der Waals surface area (Å²) in [5.74, 6) is -0.287. The molecule has 2 aromatic carbocycles. The zero-order chi connectivity index (χ0) is 21.7. The van der Waals surface area contributed by atoms with Gasteiger partial charge in [-0.2, -0.15) is 0 Å². The Hall–Kier alpha value is -3.47. The summed E-state index contributed by atoms with van der Waals surface area (Å²) < 4.78 is 0. The van der Waals surface area contributed by atoms with Gasteiger partial charge in [-0.1, -0.05) is 56.2 Å². The fourth-order valence-corrected chi connectivity index (χ4v) is 4.22. The zero-order valence-corrected chi connectivity index (χ0v) is 17.8. The molecule has 0 saturated carbocycles. The second-order valence-electron chi connectivity index (χ2n) is 7.95. The summed E-state index contributed by atoms with van der Waals surface area (Å²) in [6.07, 6.45) is 6.90. The first-order valence-corrected chi connectivity index (χ1v) is 10.9. The lowest BCUT2D eigenvalue weighted by Gasteiger charge is -2.27. The third kappa shape index (κ3) is 3.96. The molecule has 1 aliphatic heterocycles. The number of aromatic nitrogens is 1. The molecule has 3 aromatic rings. The Morgan fingerprint density at radius 1 is 0.742 bits per heavy atom. The predicted octanol–water partition coefficient (Wildman–Crippen LogP) is 5.19. The first-order valence-electron chi connectivity index (χ1n) is 10.9. The van der Waals surface area contributed by atoms with E-state index in [0.29, 0.717) is 30.6 Å². The number of carbonyl (C=O) groups excluding carboxylic acids is 2. The van der Waals surface area contributed by atoms with E-state index >= 15 is 0 Å². The van der Waals surface area contributed by atoms with Crippen molar-refractivity contribution in [3.8, 4) is 0 Å². The van der Waals surface area contributed by atoms with Crippen LogP contribution in [0.3, 0.4) is 0 Å². The Labute approximate surface area is 183 Å². The molecule has 0 aliphatic carbocycles. The van der Waals surface area contributed by atoms with Crippen LogP contribution < -0.4 is 10.0 Å². The number of para-hydroxylation sites is 2. The van der Waals surface area contributed by atoms with Crippen molar-refractivity contribution >= 4 is 23.2 Å². The van der Waals surface area contributed by atoms with Gasteiger partial charge in [0.15, 0.2) is 0 Å². The van der Waals surface area contributed by atoms with E-state index in [1.165, 1.54) is 0 Å². The summed E-state index contributed by atoms with van der Waals surface area (Å²) in [5.41, 5.74) is 1.40. The highest BCUT2D eigenvalue weighted by Crippen LogP contribution is 2.44. The quantitative estimate of drug-likeness (QED) is 0.478. The topological polar surface area (TPSA) is 53.5 Å². The Balaban J connectivity index is 1.78. The normalized spacial score (nSPS) is 15.5. The van der Waals surface area contributed by atoms with Gasteiger partial charge in [-0.05, 0) is 61.2 Å². The van der Waals surface area contributed by atoms with E-state index in [1.807, 2.05) is 72.8 Å². The highest BCUT2D eigenvalue weighted by atomic mass is 16.2. The molecule has 0 N–H and O–H groups in total. The van der Waals surface area contributed by atoms with E-state index in [1.54, 1.807) is 22.4 Å². The van der Waals surface area contributed by atoms with E-state index in [9.17, 15) is 9.59 Å².